The molecule has 0 radical (unpaired) electrons. The lowest BCUT2D eigenvalue weighted by atomic mass is 9.98. The van der Waals surface area contributed by atoms with Crippen molar-refractivity contribution in [1.29, 1.82) is 0 Å². The molecule has 7 heteroatoms. The zero-order valence-electron chi connectivity index (χ0n) is 10.6. The molecule has 0 unspecified atom stereocenters. The lowest BCUT2D eigenvalue weighted by Gasteiger charge is -2.11. The number of halogens is 3. The van der Waals surface area contributed by atoms with E-state index in [2.05, 4.69) is 4.98 Å². The zero-order valence-corrected chi connectivity index (χ0v) is 10.6. The Morgan fingerprint density at radius 1 is 1.24 bits per heavy atom. The molecule has 0 aliphatic rings. The van der Waals surface area contributed by atoms with Crippen LogP contribution < -0.4 is 5.56 Å². The van der Waals surface area contributed by atoms with Gasteiger partial charge < -0.3 is 10.1 Å². The average molecular weight is 297 g/mol. The van der Waals surface area contributed by atoms with E-state index in [4.69, 9.17) is 5.11 Å². The minimum Gasteiger partial charge on any atom is -0.481 e. The Balaban J connectivity index is 2.56. The van der Waals surface area contributed by atoms with Crippen LogP contribution in [0.5, 0.6) is 0 Å². The Labute approximate surface area is 116 Å². The van der Waals surface area contributed by atoms with Gasteiger partial charge in [-0.2, -0.15) is 13.2 Å². The first-order valence-electron chi connectivity index (χ1n) is 5.88. The van der Waals surface area contributed by atoms with Gasteiger partial charge in [-0.1, -0.05) is 12.1 Å². The maximum absolute atomic E-state index is 12.7. The summed E-state index contributed by atoms with van der Waals surface area (Å²) in [5.74, 6) is -1.17. The predicted octanol–water partition coefficient (Wildman–Crippen LogP) is 2.69. The number of hydrogen-bond donors (Lipinski definition) is 2. The molecule has 0 aliphatic carbocycles. The summed E-state index contributed by atoms with van der Waals surface area (Å²) < 4.78 is 38.1. The molecule has 2 N–H and O–H groups in total. The Hall–Kier alpha value is -2.57. The van der Waals surface area contributed by atoms with Crippen molar-refractivity contribution in [3.05, 3.63) is 58.0 Å². The fourth-order valence-corrected chi connectivity index (χ4v) is 1.95. The lowest BCUT2D eigenvalue weighted by molar-refractivity contribution is -0.138. The maximum atomic E-state index is 12.7. The van der Waals surface area contributed by atoms with E-state index in [1.54, 1.807) is 0 Å². The number of carbonyl (C=O) groups is 1. The van der Waals surface area contributed by atoms with Gasteiger partial charge in [-0.15, -0.1) is 0 Å². The van der Waals surface area contributed by atoms with Gasteiger partial charge in [-0.25, -0.2) is 0 Å². The molecular weight excluding hydrogens is 287 g/mol. The number of aromatic amines is 1. The molecule has 1 aromatic carbocycles. The second kappa shape index (κ2) is 5.43. The van der Waals surface area contributed by atoms with Gasteiger partial charge in [0.2, 0.25) is 5.56 Å². The Morgan fingerprint density at radius 2 is 1.95 bits per heavy atom. The van der Waals surface area contributed by atoms with E-state index >= 15 is 0 Å². The van der Waals surface area contributed by atoms with Gasteiger partial charge >= 0.3 is 12.1 Å². The molecule has 0 amide bonds. The molecule has 2 aromatic rings. The highest BCUT2D eigenvalue weighted by Gasteiger charge is 2.30. The predicted molar refractivity (Wildman–Crippen MR) is 68.8 cm³/mol. The summed E-state index contributed by atoms with van der Waals surface area (Å²) in [4.78, 5) is 24.4. The minimum absolute atomic E-state index is 0.158. The first kappa shape index (κ1) is 14.8. The van der Waals surface area contributed by atoms with E-state index in [-0.39, 0.29) is 16.7 Å². The number of alkyl halides is 3. The third kappa shape index (κ3) is 3.50. The Kier molecular flexibility index (Phi) is 3.84. The fraction of sp³-hybridized carbons (Fsp3) is 0.143. The number of hydrogen-bond acceptors (Lipinski definition) is 2. The molecular formula is C14H10F3NO3. The van der Waals surface area contributed by atoms with Gasteiger partial charge in [0.25, 0.3) is 0 Å². The number of benzene rings is 1. The van der Waals surface area contributed by atoms with Crippen LogP contribution in [0.1, 0.15) is 11.1 Å². The summed E-state index contributed by atoms with van der Waals surface area (Å²) >= 11 is 0. The van der Waals surface area contributed by atoms with Crippen LogP contribution in [0, 0.1) is 0 Å². The van der Waals surface area contributed by atoms with Crippen LogP contribution in [-0.4, -0.2) is 16.1 Å². The van der Waals surface area contributed by atoms with E-state index < -0.39 is 29.7 Å². The highest BCUT2D eigenvalue weighted by molar-refractivity contribution is 5.76. The van der Waals surface area contributed by atoms with Crippen LogP contribution in [-0.2, 0) is 17.4 Å². The van der Waals surface area contributed by atoms with Crippen LogP contribution in [0.3, 0.4) is 0 Å². The second-order valence-corrected chi connectivity index (χ2v) is 4.39. The quantitative estimate of drug-likeness (QED) is 0.915. The second-order valence-electron chi connectivity index (χ2n) is 4.39. The molecule has 0 fully saturated rings. The van der Waals surface area contributed by atoms with Crippen LogP contribution in [0.25, 0.3) is 11.1 Å². The first-order chi connectivity index (χ1) is 9.77. The van der Waals surface area contributed by atoms with Crippen LogP contribution in [0.2, 0.25) is 0 Å². The normalized spacial score (nSPS) is 11.4. The van der Waals surface area contributed by atoms with Crippen molar-refractivity contribution in [1.82, 2.24) is 4.98 Å². The summed E-state index contributed by atoms with van der Waals surface area (Å²) in [5, 5.41) is 8.82. The molecule has 110 valence electrons. The number of carboxylic acid groups (broad SMARTS) is 1. The molecule has 0 saturated carbocycles. The Bertz CT molecular complexity index is 735. The van der Waals surface area contributed by atoms with E-state index in [9.17, 15) is 22.8 Å². The third-order valence-electron chi connectivity index (χ3n) is 2.85. The van der Waals surface area contributed by atoms with Gasteiger partial charge in [0, 0.05) is 17.8 Å². The minimum atomic E-state index is -4.49. The van der Waals surface area contributed by atoms with Crippen molar-refractivity contribution in [2.45, 2.75) is 12.6 Å². The number of aromatic nitrogens is 1. The summed E-state index contributed by atoms with van der Waals surface area (Å²) in [7, 11) is 0. The van der Waals surface area contributed by atoms with E-state index in [0.29, 0.717) is 0 Å². The number of pyridine rings is 1. The van der Waals surface area contributed by atoms with Crippen molar-refractivity contribution in [3.63, 3.8) is 0 Å². The number of H-pyrrole nitrogens is 1. The number of rotatable bonds is 3. The summed E-state index contributed by atoms with van der Waals surface area (Å²) in [5.41, 5.74) is -0.750. The molecule has 0 spiro atoms. The standard InChI is InChI=1S/C14H10F3NO3/c15-14(16,17)10-3-1-2-8(4-10)11-7-18-12(19)5-9(11)6-13(20)21/h1-5,7H,6H2,(H,18,19)(H,20,21). The van der Waals surface area contributed by atoms with Gasteiger partial charge in [0.15, 0.2) is 0 Å². The van der Waals surface area contributed by atoms with Gasteiger partial charge in [0.1, 0.15) is 0 Å². The zero-order chi connectivity index (χ0) is 15.6. The fourth-order valence-electron chi connectivity index (χ4n) is 1.95. The van der Waals surface area contributed by atoms with Crippen LogP contribution in [0.15, 0.2) is 41.3 Å². The molecule has 0 atom stereocenters. The first-order valence-corrected chi connectivity index (χ1v) is 5.88. The van der Waals surface area contributed by atoms with E-state index in [1.165, 1.54) is 18.3 Å². The molecule has 0 aliphatic heterocycles. The van der Waals surface area contributed by atoms with Crippen molar-refractivity contribution in [3.8, 4) is 11.1 Å². The number of nitrogens with one attached hydrogen (secondary N) is 1. The van der Waals surface area contributed by atoms with Crippen molar-refractivity contribution >= 4 is 5.97 Å². The molecule has 0 bridgehead atoms. The van der Waals surface area contributed by atoms with Crippen LogP contribution in [0.4, 0.5) is 13.2 Å². The smallest absolute Gasteiger partial charge is 0.416 e. The summed E-state index contributed by atoms with van der Waals surface area (Å²) in [6, 6.07) is 5.57. The molecule has 1 heterocycles. The van der Waals surface area contributed by atoms with E-state index in [1.807, 2.05) is 0 Å². The SMILES string of the molecule is O=C(O)Cc1cc(=O)[nH]cc1-c1cccc(C(F)(F)F)c1. The third-order valence-corrected chi connectivity index (χ3v) is 2.85. The molecule has 1 aromatic heterocycles. The van der Waals surface area contributed by atoms with Crippen molar-refractivity contribution in [2.24, 2.45) is 0 Å². The monoisotopic (exact) mass is 297 g/mol. The summed E-state index contributed by atoms with van der Waals surface area (Å²) in [6.07, 6.45) is -3.73. The van der Waals surface area contributed by atoms with Gasteiger partial charge in [-0.3, -0.25) is 9.59 Å². The van der Waals surface area contributed by atoms with Crippen molar-refractivity contribution in [2.75, 3.05) is 0 Å². The summed E-state index contributed by atoms with van der Waals surface area (Å²) in [6.45, 7) is 0. The topological polar surface area (TPSA) is 70.2 Å². The maximum Gasteiger partial charge on any atom is 0.416 e. The Morgan fingerprint density at radius 3 is 2.57 bits per heavy atom. The lowest BCUT2D eigenvalue weighted by Crippen LogP contribution is -2.10. The highest BCUT2D eigenvalue weighted by Crippen LogP contribution is 2.32. The largest absolute Gasteiger partial charge is 0.481 e. The number of carboxylic acids is 1. The number of aliphatic carboxylic acids is 1. The molecule has 4 nitrogen and oxygen atoms in total. The average Bonchev–Trinajstić information content (AvgIpc) is 2.37. The van der Waals surface area contributed by atoms with E-state index in [0.717, 1.165) is 18.2 Å². The molecule has 21 heavy (non-hydrogen) atoms. The van der Waals surface area contributed by atoms with Gasteiger partial charge in [-0.05, 0) is 23.3 Å². The van der Waals surface area contributed by atoms with Crippen LogP contribution >= 0.6 is 0 Å². The van der Waals surface area contributed by atoms with Gasteiger partial charge in [0.05, 0.1) is 12.0 Å². The highest BCUT2D eigenvalue weighted by atomic mass is 19.4. The molecule has 0 saturated heterocycles. The van der Waals surface area contributed by atoms with Crippen molar-refractivity contribution < 1.29 is 23.1 Å². The molecule has 2 rings (SSSR count).